The highest BCUT2D eigenvalue weighted by molar-refractivity contribution is 5.42. The highest BCUT2D eigenvalue weighted by Gasteiger charge is 2.49. The highest BCUT2D eigenvalue weighted by Crippen LogP contribution is 2.55. The molecular weight excluding hydrogens is 232 g/mol. The van der Waals surface area contributed by atoms with Gasteiger partial charge in [0.2, 0.25) is 0 Å². The average molecular weight is 250 g/mol. The van der Waals surface area contributed by atoms with Crippen molar-refractivity contribution < 1.29 is 17.6 Å². The Morgan fingerprint density at radius 1 is 0.765 bits per heavy atom. The SMILES string of the molecule is CCCCC1(CCCC)C(F)=C(F)C(F)=C1F. The van der Waals surface area contributed by atoms with Crippen molar-refractivity contribution in [2.45, 2.75) is 52.4 Å². The van der Waals surface area contributed by atoms with Gasteiger partial charge in [-0.15, -0.1) is 0 Å². The standard InChI is InChI=1S/C13H18F4/c1-3-5-7-13(8-6-4-2)11(16)9(14)10(15)12(13)17/h3-8H2,1-2H3. The second kappa shape index (κ2) is 5.69. The van der Waals surface area contributed by atoms with Gasteiger partial charge >= 0.3 is 0 Å². The zero-order valence-electron chi connectivity index (χ0n) is 10.3. The van der Waals surface area contributed by atoms with Gasteiger partial charge in [-0.05, 0) is 12.8 Å². The van der Waals surface area contributed by atoms with Crippen molar-refractivity contribution >= 4 is 0 Å². The van der Waals surface area contributed by atoms with Crippen molar-refractivity contribution in [1.29, 1.82) is 0 Å². The molecule has 0 unspecified atom stereocenters. The summed E-state index contributed by atoms with van der Waals surface area (Å²) in [5.41, 5.74) is -1.67. The van der Waals surface area contributed by atoms with Crippen molar-refractivity contribution in [2.24, 2.45) is 5.41 Å². The zero-order valence-corrected chi connectivity index (χ0v) is 10.3. The maximum atomic E-state index is 13.8. The Balaban J connectivity index is 3.05. The van der Waals surface area contributed by atoms with Crippen LogP contribution in [0.1, 0.15) is 52.4 Å². The summed E-state index contributed by atoms with van der Waals surface area (Å²) < 4.78 is 53.8. The van der Waals surface area contributed by atoms with E-state index in [2.05, 4.69) is 0 Å². The molecule has 0 aromatic heterocycles. The minimum absolute atomic E-state index is 0.127. The van der Waals surface area contributed by atoms with Crippen LogP contribution < -0.4 is 0 Å². The van der Waals surface area contributed by atoms with Crippen molar-refractivity contribution in [3.05, 3.63) is 23.3 Å². The summed E-state index contributed by atoms with van der Waals surface area (Å²) in [5.74, 6) is -5.80. The second-order valence-corrected chi connectivity index (χ2v) is 4.55. The molecule has 0 amide bonds. The van der Waals surface area contributed by atoms with Gasteiger partial charge in [0.05, 0.1) is 5.41 Å². The number of halogens is 4. The maximum Gasteiger partial charge on any atom is 0.193 e. The fourth-order valence-corrected chi connectivity index (χ4v) is 2.23. The van der Waals surface area contributed by atoms with Gasteiger partial charge in [-0.25, -0.2) is 17.6 Å². The molecule has 1 rings (SSSR count). The topological polar surface area (TPSA) is 0 Å². The number of allylic oxidation sites excluding steroid dienone is 4. The molecule has 0 spiro atoms. The van der Waals surface area contributed by atoms with Crippen LogP contribution in [0.15, 0.2) is 23.3 Å². The molecule has 4 heteroatoms. The first-order valence-electron chi connectivity index (χ1n) is 6.13. The largest absolute Gasteiger partial charge is 0.207 e. The van der Waals surface area contributed by atoms with Crippen LogP contribution in [0.4, 0.5) is 17.6 Å². The molecule has 17 heavy (non-hydrogen) atoms. The molecule has 1 aliphatic rings. The lowest BCUT2D eigenvalue weighted by atomic mass is 9.78. The third-order valence-corrected chi connectivity index (χ3v) is 3.33. The Labute approximate surface area is 99.4 Å². The Morgan fingerprint density at radius 3 is 1.41 bits per heavy atom. The van der Waals surface area contributed by atoms with E-state index < -0.39 is 28.7 Å². The van der Waals surface area contributed by atoms with Crippen LogP contribution in [0.25, 0.3) is 0 Å². The van der Waals surface area contributed by atoms with Gasteiger partial charge in [0, 0.05) is 0 Å². The van der Waals surface area contributed by atoms with E-state index in [4.69, 9.17) is 0 Å². The number of hydrogen-bond donors (Lipinski definition) is 0. The Kier molecular flexibility index (Phi) is 4.78. The lowest BCUT2D eigenvalue weighted by Gasteiger charge is -2.27. The Bertz CT molecular complexity index is 307. The van der Waals surface area contributed by atoms with Crippen molar-refractivity contribution in [3.8, 4) is 0 Å². The maximum absolute atomic E-state index is 13.8. The van der Waals surface area contributed by atoms with E-state index in [0.29, 0.717) is 12.8 Å². The van der Waals surface area contributed by atoms with Crippen LogP contribution >= 0.6 is 0 Å². The molecule has 1 aliphatic carbocycles. The van der Waals surface area contributed by atoms with E-state index in [9.17, 15) is 17.6 Å². The van der Waals surface area contributed by atoms with Crippen molar-refractivity contribution in [3.63, 3.8) is 0 Å². The molecule has 0 aromatic rings. The average Bonchev–Trinajstić information content (AvgIpc) is 2.49. The molecule has 0 N–H and O–H groups in total. The van der Waals surface area contributed by atoms with E-state index in [0.717, 1.165) is 12.8 Å². The second-order valence-electron chi connectivity index (χ2n) is 4.55. The van der Waals surface area contributed by atoms with Gasteiger partial charge in [-0.2, -0.15) is 0 Å². The van der Waals surface area contributed by atoms with Crippen LogP contribution in [0.3, 0.4) is 0 Å². The van der Waals surface area contributed by atoms with Gasteiger partial charge in [0.1, 0.15) is 0 Å². The van der Waals surface area contributed by atoms with Gasteiger partial charge in [0.25, 0.3) is 0 Å². The lowest BCUT2D eigenvalue weighted by Crippen LogP contribution is -2.21. The molecule has 0 heterocycles. The van der Waals surface area contributed by atoms with Crippen molar-refractivity contribution in [2.75, 3.05) is 0 Å². The smallest absolute Gasteiger partial charge is 0.193 e. The molecule has 0 bridgehead atoms. The van der Waals surface area contributed by atoms with E-state index in [1.54, 1.807) is 0 Å². The van der Waals surface area contributed by atoms with Crippen molar-refractivity contribution in [1.82, 2.24) is 0 Å². The molecule has 98 valence electrons. The zero-order chi connectivity index (χ0) is 13.1. The summed E-state index contributed by atoms with van der Waals surface area (Å²) in [7, 11) is 0. The van der Waals surface area contributed by atoms with Crippen LogP contribution in [0, 0.1) is 5.41 Å². The monoisotopic (exact) mass is 250 g/mol. The molecule has 0 nitrogen and oxygen atoms in total. The summed E-state index contributed by atoms with van der Waals surface area (Å²) in [5, 5.41) is 0. The molecule has 0 saturated heterocycles. The summed E-state index contributed by atoms with van der Waals surface area (Å²) >= 11 is 0. The molecule has 0 aromatic carbocycles. The third kappa shape index (κ3) is 2.40. The molecule has 0 radical (unpaired) electrons. The first-order valence-corrected chi connectivity index (χ1v) is 6.13. The summed E-state index contributed by atoms with van der Waals surface area (Å²) in [6, 6.07) is 0. The summed E-state index contributed by atoms with van der Waals surface area (Å²) in [6.45, 7) is 3.75. The molecule has 0 saturated carbocycles. The first kappa shape index (κ1) is 14.3. The van der Waals surface area contributed by atoms with Gasteiger partial charge in [-0.1, -0.05) is 39.5 Å². The predicted octanol–water partition coefficient (Wildman–Crippen LogP) is 5.67. The predicted molar refractivity (Wildman–Crippen MR) is 60.0 cm³/mol. The summed E-state index contributed by atoms with van der Waals surface area (Å²) in [6.07, 6.45) is 2.82. The first-order chi connectivity index (χ1) is 8.01. The number of rotatable bonds is 6. The minimum Gasteiger partial charge on any atom is -0.207 e. The Morgan fingerprint density at radius 2 is 1.12 bits per heavy atom. The summed E-state index contributed by atoms with van der Waals surface area (Å²) in [4.78, 5) is 0. The highest BCUT2D eigenvalue weighted by atomic mass is 19.2. The molecule has 0 atom stereocenters. The normalized spacial score (nSPS) is 19.4. The minimum atomic E-state index is -1.67. The van der Waals surface area contributed by atoms with Gasteiger partial charge < -0.3 is 0 Å². The fraction of sp³-hybridized carbons (Fsp3) is 0.692. The van der Waals surface area contributed by atoms with Gasteiger partial charge in [-0.3, -0.25) is 0 Å². The lowest BCUT2D eigenvalue weighted by molar-refractivity contribution is 0.236. The van der Waals surface area contributed by atoms with Crippen LogP contribution in [-0.2, 0) is 0 Å². The third-order valence-electron chi connectivity index (χ3n) is 3.33. The van der Waals surface area contributed by atoms with E-state index in [1.165, 1.54) is 0 Å². The Hall–Kier alpha value is -0.800. The quantitative estimate of drug-likeness (QED) is 0.533. The van der Waals surface area contributed by atoms with E-state index in [-0.39, 0.29) is 12.8 Å². The molecular formula is C13H18F4. The van der Waals surface area contributed by atoms with Crippen LogP contribution in [-0.4, -0.2) is 0 Å². The van der Waals surface area contributed by atoms with Crippen LogP contribution in [0.2, 0.25) is 0 Å². The van der Waals surface area contributed by atoms with Crippen LogP contribution in [0.5, 0.6) is 0 Å². The number of unbranched alkanes of at least 4 members (excludes halogenated alkanes) is 2. The van der Waals surface area contributed by atoms with E-state index >= 15 is 0 Å². The van der Waals surface area contributed by atoms with Gasteiger partial charge in [0.15, 0.2) is 23.3 Å². The fourth-order valence-electron chi connectivity index (χ4n) is 2.23. The molecule has 0 aliphatic heterocycles. The van der Waals surface area contributed by atoms with E-state index in [1.807, 2.05) is 13.8 Å². The molecule has 0 fully saturated rings. The number of hydrogen-bond acceptors (Lipinski definition) is 0.